The lowest BCUT2D eigenvalue weighted by molar-refractivity contribution is 0.0523. The van der Waals surface area contributed by atoms with Crippen LogP contribution in [0.25, 0.3) is 0 Å². The summed E-state index contributed by atoms with van der Waals surface area (Å²) in [5, 5.41) is 5.15. The third-order valence-corrected chi connectivity index (χ3v) is 3.28. The van der Waals surface area contributed by atoms with Gasteiger partial charge in [-0.1, -0.05) is 6.07 Å². The molecule has 8 heteroatoms. The van der Waals surface area contributed by atoms with E-state index in [1.54, 1.807) is 27.7 Å². The van der Waals surface area contributed by atoms with E-state index in [1.807, 2.05) is 0 Å². The molecular formula is C18H21FN2O5. The standard InChI is InChI=1S/C18H21FN2O5/c1-5-25-16-13(14(22)15(16)23)21-12-8-10(6-7-11(12)19)9-20-17(24)26-18(2,3)4/h6-8,21H,5,9H2,1-4H3,(H,20,24). The minimum Gasteiger partial charge on any atom is -0.488 e. The molecule has 2 aromatic carbocycles. The van der Waals surface area contributed by atoms with Crippen LogP contribution in [0.2, 0.25) is 0 Å². The Hall–Kier alpha value is -2.90. The van der Waals surface area contributed by atoms with Gasteiger partial charge in [0, 0.05) is 6.54 Å². The molecule has 1 amide bonds. The minimum atomic E-state index is -0.759. The summed E-state index contributed by atoms with van der Waals surface area (Å²) < 4.78 is 24.2. The number of anilines is 2. The number of ether oxygens (including phenoxy) is 2. The van der Waals surface area contributed by atoms with E-state index in [0.717, 1.165) is 0 Å². The smallest absolute Gasteiger partial charge is 0.407 e. The molecule has 7 nitrogen and oxygen atoms in total. The van der Waals surface area contributed by atoms with E-state index < -0.39 is 28.4 Å². The normalized spacial score (nSPS) is 11.3. The van der Waals surface area contributed by atoms with Crippen LogP contribution in [0, 0.1) is 5.82 Å². The summed E-state index contributed by atoms with van der Waals surface area (Å²) in [5.74, 6) is -0.712. The molecule has 0 aromatic heterocycles. The van der Waals surface area contributed by atoms with Gasteiger partial charge in [-0.15, -0.1) is 0 Å². The van der Waals surface area contributed by atoms with Crippen LogP contribution in [-0.4, -0.2) is 18.3 Å². The maximum absolute atomic E-state index is 14.0. The van der Waals surface area contributed by atoms with Gasteiger partial charge in [-0.05, 0) is 45.4 Å². The summed E-state index contributed by atoms with van der Waals surface area (Å²) in [7, 11) is 0. The van der Waals surface area contributed by atoms with Gasteiger partial charge < -0.3 is 20.1 Å². The number of hydrogen-bond donors (Lipinski definition) is 2. The van der Waals surface area contributed by atoms with Crippen molar-refractivity contribution in [3.63, 3.8) is 0 Å². The second-order valence-electron chi connectivity index (χ2n) is 6.59. The molecule has 2 N–H and O–H groups in total. The molecule has 0 aliphatic heterocycles. The van der Waals surface area contributed by atoms with Gasteiger partial charge in [-0.25, -0.2) is 9.18 Å². The lowest BCUT2D eigenvalue weighted by Gasteiger charge is -2.20. The van der Waals surface area contributed by atoms with E-state index in [0.29, 0.717) is 5.56 Å². The number of halogens is 1. The number of carbonyl (C=O) groups excluding carboxylic acids is 1. The van der Waals surface area contributed by atoms with Crippen molar-refractivity contribution in [3.8, 4) is 5.75 Å². The van der Waals surface area contributed by atoms with Crippen molar-refractivity contribution in [1.82, 2.24) is 5.32 Å². The fourth-order valence-corrected chi connectivity index (χ4v) is 2.17. The number of carbonyl (C=O) groups is 1. The van der Waals surface area contributed by atoms with Crippen LogP contribution in [0.5, 0.6) is 5.75 Å². The van der Waals surface area contributed by atoms with Crippen LogP contribution in [0.3, 0.4) is 0 Å². The van der Waals surface area contributed by atoms with Crippen molar-refractivity contribution in [3.05, 3.63) is 50.0 Å². The fourth-order valence-electron chi connectivity index (χ4n) is 2.17. The Bertz CT molecular complexity index is 879. The number of amides is 1. The van der Waals surface area contributed by atoms with E-state index in [1.165, 1.54) is 18.2 Å². The molecule has 26 heavy (non-hydrogen) atoms. The Labute approximate surface area is 149 Å². The SMILES string of the molecule is CCOc1c(Nc2cc(CNC(=O)OC(C)(C)C)ccc2F)c(=O)c1=O. The molecule has 0 spiro atoms. The Morgan fingerprint density at radius 1 is 1.19 bits per heavy atom. The van der Waals surface area contributed by atoms with Crippen LogP contribution >= 0.6 is 0 Å². The van der Waals surface area contributed by atoms with Gasteiger partial charge in [0.15, 0.2) is 5.75 Å². The summed E-state index contributed by atoms with van der Waals surface area (Å²) in [6.07, 6.45) is -0.600. The first-order chi connectivity index (χ1) is 12.1. The van der Waals surface area contributed by atoms with Gasteiger partial charge in [0.2, 0.25) is 0 Å². The van der Waals surface area contributed by atoms with Gasteiger partial charge in [0.1, 0.15) is 17.1 Å². The summed E-state index contributed by atoms with van der Waals surface area (Å²) in [6, 6.07) is 4.11. The van der Waals surface area contributed by atoms with E-state index in [2.05, 4.69) is 10.6 Å². The van der Waals surface area contributed by atoms with Gasteiger partial charge >= 0.3 is 6.09 Å². The van der Waals surface area contributed by atoms with Gasteiger partial charge in [-0.2, -0.15) is 0 Å². The Morgan fingerprint density at radius 2 is 1.88 bits per heavy atom. The quantitative estimate of drug-likeness (QED) is 0.765. The molecule has 140 valence electrons. The average Bonchev–Trinajstić information content (AvgIpc) is 2.56. The number of nitrogens with one attached hydrogen (secondary N) is 2. The lowest BCUT2D eigenvalue weighted by Crippen LogP contribution is -2.35. The third-order valence-electron chi connectivity index (χ3n) is 3.28. The molecule has 0 saturated carbocycles. The summed E-state index contributed by atoms with van der Waals surface area (Å²) in [4.78, 5) is 34.8. The molecule has 0 bridgehead atoms. The predicted octanol–water partition coefficient (Wildman–Crippen LogP) is 2.59. The van der Waals surface area contributed by atoms with Gasteiger partial charge in [-0.3, -0.25) is 9.59 Å². The van der Waals surface area contributed by atoms with Crippen molar-refractivity contribution in [1.29, 1.82) is 0 Å². The topological polar surface area (TPSA) is 93.7 Å². The number of rotatable bonds is 6. The van der Waals surface area contributed by atoms with Crippen LogP contribution < -0.4 is 26.2 Å². The van der Waals surface area contributed by atoms with E-state index in [9.17, 15) is 18.8 Å². The van der Waals surface area contributed by atoms with Crippen molar-refractivity contribution < 1.29 is 18.7 Å². The van der Waals surface area contributed by atoms with Crippen molar-refractivity contribution in [2.75, 3.05) is 11.9 Å². The molecule has 0 fully saturated rings. The van der Waals surface area contributed by atoms with Crippen molar-refractivity contribution in [2.24, 2.45) is 0 Å². The third kappa shape index (κ3) is 4.59. The maximum Gasteiger partial charge on any atom is 0.407 e. The molecule has 0 atom stereocenters. The maximum atomic E-state index is 14.0. The monoisotopic (exact) mass is 364 g/mol. The Balaban J connectivity index is 2.11. The molecule has 2 rings (SSSR count). The number of hydrogen-bond acceptors (Lipinski definition) is 6. The van der Waals surface area contributed by atoms with Crippen molar-refractivity contribution >= 4 is 17.5 Å². The lowest BCUT2D eigenvalue weighted by atomic mass is 10.1. The van der Waals surface area contributed by atoms with Crippen LogP contribution in [0.4, 0.5) is 20.6 Å². The summed E-state index contributed by atoms with van der Waals surface area (Å²) in [6.45, 7) is 7.22. The number of benzene rings is 1. The molecule has 0 saturated heterocycles. The zero-order valence-corrected chi connectivity index (χ0v) is 15.1. The summed E-state index contributed by atoms with van der Waals surface area (Å²) in [5.41, 5.74) is -1.62. The zero-order chi connectivity index (χ0) is 19.5. The first-order valence-corrected chi connectivity index (χ1v) is 8.10. The molecule has 0 radical (unpaired) electrons. The highest BCUT2D eigenvalue weighted by Crippen LogP contribution is 2.25. The molecular weight excluding hydrogens is 343 g/mol. The Kier molecular flexibility index (Phi) is 5.64. The minimum absolute atomic E-state index is 0.00143. The van der Waals surface area contributed by atoms with Gasteiger partial charge in [0.05, 0.1) is 12.3 Å². The van der Waals surface area contributed by atoms with Crippen molar-refractivity contribution in [2.45, 2.75) is 39.8 Å². The second-order valence-corrected chi connectivity index (χ2v) is 6.59. The molecule has 2 aromatic rings. The van der Waals surface area contributed by atoms with Crippen LogP contribution in [-0.2, 0) is 11.3 Å². The highest BCUT2D eigenvalue weighted by atomic mass is 19.1. The molecule has 0 unspecified atom stereocenters. The van der Waals surface area contributed by atoms with E-state index >= 15 is 0 Å². The molecule has 0 aliphatic rings. The first-order valence-electron chi connectivity index (χ1n) is 8.10. The molecule has 0 aliphatic carbocycles. The number of alkyl carbamates (subject to hydrolysis) is 1. The van der Waals surface area contributed by atoms with E-state index in [4.69, 9.17) is 9.47 Å². The largest absolute Gasteiger partial charge is 0.488 e. The predicted molar refractivity (Wildman–Crippen MR) is 95.3 cm³/mol. The molecule has 0 heterocycles. The highest BCUT2D eigenvalue weighted by Gasteiger charge is 2.23. The van der Waals surface area contributed by atoms with Crippen LogP contribution in [0.15, 0.2) is 27.8 Å². The van der Waals surface area contributed by atoms with Crippen LogP contribution in [0.1, 0.15) is 33.3 Å². The fraction of sp³-hybridized carbons (Fsp3) is 0.389. The first kappa shape index (κ1) is 19.4. The Morgan fingerprint density at radius 3 is 2.50 bits per heavy atom. The van der Waals surface area contributed by atoms with Gasteiger partial charge in [0.25, 0.3) is 10.9 Å². The average molecular weight is 364 g/mol. The van der Waals surface area contributed by atoms with E-state index in [-0.39, 0.29) is 30.3 Å². The summed E-state index contributed by atoms with van der Waals surface area (Å²) >= 11 is 0. The zero-order valence-electron chi connectivity index (χ0n) is 15.1. The second kappa shape index (κ2) is 7.55. The highest BCUT2D eigenvalue weighted by molar-refractivity contribution is 5.71.